The Morgan fingerprint density at radius 2 is 2.05 bits per heavy atom. The minimum atomic E-state index is -4.40. The van der Waals surface area contributed by atoms with E-state index in [1.807, 2.05) is 4.68 Å². The molecule has 1 spiro atoms. The number of halogens is 3. The van der Waals surface area contributed by atoms with Crippen molar-refractivity contribution in [3.8, 4) is 5.75 Å². The second kappa shape index (κ2) is 9.06. The van der Waals surface area contributed by atoms with Crippen LogP contribution in [0.25, 0.3) is 0 Å². The fourth-order valence-corrected chi connectivity index (χ4v) is 5.90. The van der Waals surface area contributed by atoms with Gasteiger partial charge in [-0.25, -0.2) is 0 Å². The Labute approximate surface area is 213 Å². The number of aryl methyl sites for hydroxylation is 2. The number of rotatable bonds is 8. The highest BCUT2D eigenvalue weighted by molar-refractivity contribution is 5.98. The maximum Gasteiger partial charge on any atom is 0.422 e. The highest BCUT2D eigenvalue weighted by atomic mass is 19.4. The lowest BCUT2D eigenvalue weighted by Gasteiger charge is -2.35. The van der Waals surface area contributed by atoms with Crippen molar-refractivity contribution in [3.05, 3.63) is 46.3 Å². The molecule has 0 saturated heterocycles. The monoisotopic (exact) mass is 516 g/mol. The molecule has 1 aromatic carbocycles. The predicted molar refractivity (Wildman–Crippen MR) is 128 cm³/mol. The molecule has 198 valence electrons. The third-order valence-electron chi connectivity index (χ3n) is 8.35. The van der Waals surface area contributed by atoms with Gasteiger partial charge in [0.1, 0.15) is 5.75 Å². The van der Waals surface area contributed by atoms with E-state index >= 15 is 0 Å². The Bertz CT molecular complexity index is 1230. The van der Waals surface area contributed by atoms with Crippen LogP contribution in [-0.4, -0.2) is 34.4 Å². The number of fused-ring (bicyclic) bond motifs is 3. The van der Waals surface area contributed by atoms with Gasteiger partial charge in [0.2, 0.25) is 5.91 Å². The van der Waals surface area contributed by atoms with Crippen molar-refractivity contribution in [2.45, 2.75) is 82.6 Å². The second-order valence-corrected chi connectivity index (χ2v) is 11.0. The van der Waals surface area contributed by atoms with Gasteiger partial charge < -0.3 is 15.4 Å². The first-order chi connectivity index (χ1) is 17.7. The summed E-state index contributed by atoms with van der Waals surface area (Å²) in [5.74, 6) is 0.766. The van der Waals surface area contributed by atoms with Gasteiger partial charge in [-0.15, -0.1) is 0 Å². The van der Waals surface area contributed by atoms with E-state index in [0.29, 0.717) is 37.3 Å². The number of carbonyl (C=O) groups excluding carboxylic acids is 2. The van der Waals surface area contributed by atoms with Crippen LogP contribution in [0.15, 0.2) is 18.2 Å². The predicted octanol–water partition coefficient (Wildman–Crippen LogP) is 4.17. The smallest absolute Gasteiger partial charge is 0.422 e. The molecule has 1 aromatic heterocycles. The first kappa shape index (κ1) is 24.3. The molecular weight excluding hydrogens is 485 g/mol. The molecule has 2 N–H and O–H groups in total. The third-order valence-corrected chi connectivity index (χ3v) is 8.35. The number of nitrogens with zero attached hydrogens (tertiary/aromatic N) is 2. The SMILES string of the molecule is O=C1N[C@@]2(CCc3cc(OCC(F)(F)F)ccc32)Cc2nn(CCC3CC3)c(CNC(=O)C3CCC3)c21. The molecule has 6 rings (SSSR count). The first-order valence-corrected chi connectivity index (χ1v) is 13.2. The summed E-state index contributed by atoms with van der Waals surface area (Å²) in [6.07, 6.45) is 3.72. The molecule has 4 aliphatic rings. The number of ether oxygens (including phenoxy) is 1. The van der Waals surface area contributed by atoms with Crippen molar-refractivity contribution in [2.75, 3.05) is 6.61 Å². The second-order valence-electron chi connectivity index (χ2n) is 11.0. The maximum atomic E-state index is 13.5. The zero-order valence-corrected chi connectivity index (χ0v) is 20.6. The summed E-state index contributed by atoms with van der Waals surface area (Å²) in [7, 11) is 0. The van der Waals surface area contributed by atoms with Crippen LogP contribution >= 0.6 is 0 Å². The lowest BCUT2D eigenvalue weighted by atomic mass is 9.82. The third kappa shape index (κ3) is 4.82. The molecule has 37 heavy (non-hydrogen) atoms. The highest BCUT2D eigenvalue weighted by Gasteiger charge is 2.46. The van der Waals surface area contributed by atoms with E-state index in [4.69, 9.17) is 9.84 Å². The zero-order chi connectivity index (χ0) is 25.8. The van der Waals surface area contributed by atoms with E-state index in [0.717, 1.165) is 48.2 Å². The van der Waals surface area contributed by atoms with Crippen molar-refractivity contribution in [1.82, 2.24) is 20.4 Å². The molecule has 0 bridgehead atoms. The Morgan fingerprint density at radius 3 is 2.76 bits per heavy atom. The summed E-state index contributed by atoms with van der Waals surface area (Å²) in [6.45, 7) is -0.350. The molecule has 2 aromatic rings. The minimum absolute atomic E-state index is 0.0379. The largest absolute Gasteiger partial charge is 0.484 e. The normalized spacial score (nSPS) is 22.8. The van der Waals surface area contributed by atoms with Crippen LogP contribution in [0.4, 0.5) is 13.2 Å². The molecule has 2 saturated carbocycles. The molecule has 2 fully saturated rings. The van der Waals surface area contributed by atoms with E-state index < -0.39 is 18.3 Å². The number of amides is 2. The summed E-state index contributed by atoms with van der Waals surface area (Å²) in [6, 6.07) is 4.95. The zero-order valence-electron chi connectivity index (χ0n) is 20.6. The Hall–Kier alpha value is -3.04. The van der Waals surface area contributed by atoms with Gasteiger partial charge in [0.05, 0.1) is 29.0 Å². The van der Waals surface area contributed by atoms with E-state index in [1.54, 1.807) is 12.1 Å². The van der Waals surface area contributed by atoms with Gasteiger partial charge >= 0.3 is 6.18 Å². The van der Waals surface area contributed by atoms with Crippen LogP contribution in [0, 0.1) is 11.8 Å². The molecule has 3 aliphatic carbocycles. The molecule has 0 radical (unpaired) electrons. The molecule has 7 nitrogen and oxygen atoms in total. The summed E-state index contributed by atoms with van der Waals surface area (Å²) >= 11 is 0. The number of aromatic nitrogens is 2. The quantitative estimate of drug-likeness (QED) is 0.552. The maximum absolute atomic E-state index is 13.5. The van der Waals surface area contributed by atoms with Crippen molar-refractivity contribution in [3.63, 3.8) is 0 Å². The van der Waals surface area contributed by atoms with Crippen molar-refractivity contribution < 1.29 is 27.5 Å². The van der Waals surface area contributed by atoms with E-state index in [-0.39, 0.29) is 30.0 Å². The van der Waals surface area contributed by atoms with Crippen LogP contribution in [-0.2, 0) is 36.3 Å². The minimum Gasteiger partial charge on any atom is -0.484 e. The van der Waals surface area contributed by atoms with Crippen LogP contribution < -0.4 is 15.4 Å². The van der Waals surface area contributed by atoms with Gasteiger partial charge in [0, 0.05) is 18.9 Å². The molecule has 0 unspecified atom stereocenters. The number of carbonyl (C=O) groups is 2. The summed E-state index contributed by atoms with van der Waals surface area (Å²) in [5, 5.41) is 11.1. The summed E-state index contributed by atoms with van der Waals surface area (Å²) < 4.78 is 44.6. The number of alkyl halides is 3. The molecule has 10 heteroatoms. The molecule has 1 atom stereocenters. The molecule has 2 amide bonds. The Morgan fingerprint density at radius 1 is 1.24 bits per heavy atom. The van der Waals surface area contributed by atoms with Gasteiger partial charge in [0.15, 0.2) is 6.61 Å². The van der Waals surface area contributed by atoms with Crippen molar-refractivity contribution >= 4 is 11.8 Å². The van der Waals surface area contributed by atoms with Crippen LogP contribution in [0.3, 0.4) is 0 Å². The van der Waals surface area contributed by atoms with Gasteiger partial charge in [0.25, 0.3) is 5.91 Å². The summed E-state index contributed by atoms with van der Waals surface area (Å²) in [5.41, 5.74) is 3.16. The van der Waals surface area contributed by atoms with Crippen LogP contribution in [0.1, 0.15) is 77.8 Å². The number of hydrogen-bond acceptors (Lipinski definition) is 4. The lowest BCUT2D eigenvalue weighted by Crippen LogP contribution is -2.50. The van der Waals surface area contributed by atoms with E-state index in [1.165, 1.54) is 18.9 Å². The topological polar surface area (TPSA) is 85.2 Å². The van der Waals surface area contributed by atoms with Gasteiger partial charge in [-0.1, -0.05) is 25.3 Å². The lowest BCUT2D eigenvalue weighted by molar-refractivity contribution is -0.153. The van der Waals surface area contributed by atoms with E-state index in [9.17, 15) is 22.8 Å². The average Bonchev–Trinajstić information content (AvgIpc) is 3.49. The van der Waals surface area contributed by atoms with Gasteiger partial charge in [-0.2, -0.15) is 18.3 Å². The number of hydrogen-bond donors (Lipinski definition) is 2. The molecular formula is C27H31F3N4O3. The van der Waals surface area contributed by atoms with Crippen LogP contribution in [0.2, 0.25) is 0 Å². The molecule has 1 aliphatic heterocycles. The van der Waals surface area contributed by atoms with E-state index in [2.05, 4.69) is 10.6 Å². The van der Waals surface area contributed by atoms with Crippen molar-refractivity contribution in [1.29, 1.82) is 0 Å². The van der Waals surface area contributed by atoms with Crippen LogP contribution in [0.5, 0.6) is 5.75 Å². The average molecular weight is 517 g/mol. The fourth-order valence-electron chi connectivity index (χ4n) is 5.90. The van der Waals surface area contributed by atoms with Crippen molar-refractivity contribution in [2.24, 2.45) is 11.8 Å². The number of nitrogens with one attached hydrogen (secondary N) is 2. The Balaban J connectivity index is 1.25. The standard InChI is InChI=1S/C27H31F3N4O3/c28-27(29,30)15-37-19-6-7-20-18(12-19)8-10-26(20)13-21-23(25(36)32-26)22(14-31-24(35)17-2-1-3-17)34(33-21)11-9-16-4-5-16/h6-7,12,16-17H,1-5,8-11,13-15H2,(H,31,35)(H,32,36)/t26-/m0/s1. The number of benzene rings is 1. The Kier molecular flexibility index (Phi) is 5.95. The highest BCUT2D eigenvalue weighted by Crippen LogP contribution is 2.44. The van der Waals surface area contributed by atoms with Gasteiger partial charge in [-0.3, -0.25) is 14.3 Å². The first-order valence-electron chi connectivity index (χ1n) is 13.2. The van der Waals surface area contributed by atoms with Gasteiger partial charge in [-0.05, 0) is 61.3 Å². The summed E-state index contributed by atoms with van der Waals surface area (Å²) in [4.78, 5) is 26.1. The fraction of sp³-hybridized carbons (Fsp3) is 0.593. The molecule has 2 heterocycles.